The third-order valence-electron chi connectivity index (χ3n) is 4.29. The normalized spacial score (nSPS) is 16.3. The van der Waals surface area contributed by atoms with Crippen molar-refractivity contribution in [3.8, 4) is 10.6 Å². The van der Waals surface area contributed by atoms with Gasteiger partial charge in [0.05, 0.1) is 17.1 Å². The molecule has 1 amide bonds. The first-order chi connectivity index (χ1) is 11.8. The summed E-state index contributed by atoms with van der Waals surface area (Å²) in [6.07, 6.45) is 1.66. The van der Waals surface area contributed by atoms with Crippen molar-refractivity contribution in [1.29, 1.82) is 0 Å². The highest BCUT2D eigenvalue weighted by molar-refractivity contribution is 7.13. The maximum atomic E-state index is 12.3. The number of benzene rings is 1. The van der Waals surface area contributed by atoms with Gasteiger partial charge in [-0.2, -0.15) is 0 Å². The summed E-state index contributed by atoms with van der Waals surface area (Å²) in [6, 6.07) is 5.15. The number of nitrogens with one attached hydrogen (secondary N) is 1. The molecule has 1 unspecified atom stereocenters. The predicted octanol–water partition coefficient (Wildman–Crippen LogP) is 4.03. The van der Waals surface area contributed by atoms with E-state index in [0.29, 0.717) is 20.7 Å². The summed E-state index contributed by atoms with van der Waals surface area (Å²) in [6.45, 7) is 1.56. The van der Waals surface area contributed by atoms with Gasteiger partial charge in [0.15, 0.2) is 0 Å². The van der Waals surface area contributed by atoms with Crippen molar-refractivity contribution >= 4 is 46.4 Å². The SMILES string of the molecule is CC(NC(=O)Cc1csc(-c2ccc(Cl)cc2Cl)n1)(C(=O)O)C1CC1. The maximum absolute atomic E-state index is 12.3. The van der Waals surface area contributed by atoms with Crippen LogP contribution in [0.25, 0.3) is 10.6 Å². The van der Waals surface area contributed by atoms with E-state index >= 15 is 0 Å². The zero-order valence-corrected chi connectivity index (χ0v) is 15.7. The molecule has 1 aliphatic carbocycles. The monoisotopic (exact) mass is 398 g/mol. The first kappa shape index (κ1) is 18.2. The summed E-state index contributed by atoms with van der Waals surface area (Å²) < 4.78 is 0. The van der Waals surface area contributed by atoms with E-state index in [0.717, 1.165) is 18.4 Å². The number of carboxylic acids is 1. The van der Waals surface area contributed by atoms with Crippen LogP contribution in [0, 0.1) is 5.92 Å². The van der Waals surface area contributed by atoms with E-state index in [1.54, 1.807) is 30.5 Å². The number of hydrogen-bond donors (Lipinski definition) is 2. The number of nitrogens with zero attached hydrogens (tertiary/aromatic N) is 1. The number of hydrogen-bond acceptors (Lipinski definition) is 4. The largest absolute Gasteiger partial charge is 0.480 e. The van der Waals surface area contributed by atoms with Gasteiger partial charge in [-0.3, -0.25) is 4.79 Å². The first-order valence-electron chi connectivity index (χ1n) is 7.74. The molecule has 1 saturated carbocycles. The number of aromatic nitrogens is 1. The highest BCUT2D eigenvalue weighted by atomic mass is 35.5. The van der Waals surface area contributed by atoms with Gasteiger partial charge in [0.2, 0.25) is 5.91 Å². The van der Waals surface area contributed by atoms with Crippen molar-refractivity contribution in [3.63, 3.8) is 0 Å². The Morgan fingerprint density at radius 1 is 1.40 bits per heavy atom. The molecule has 0 spiro atoms. The number of thiazole rings is 1. The van der Waals surface area contributed by atoms with Gasteiger partial charge in [-0.05, 0) is 43.9 Å². The standard InChI is InChI=1S/C17H16Cl2N2O3S/c1-17(16(23)24,9-2-3-9)21-14(22)7-11-8-25-15(20-11)12-5-4-10(18)6-13(12)19/h4-6,8-9H,2-3,7H2,1H3,(H,21,22)(H,23,24). The van der Waals surface area contributed by atoms with Crippen molar-refractivity contribution < 1.29 is 14.7 Å². The Labute approximate surface area is 159 Å². The summed E-state index contributed by atoms with van der Waals surface area (Å²) >= 11 is 13.4. The number of carbonyl (C=O) groups excluding carboxylic acids is 1. The van der Waals surface area contributed by atoms with Gasteiger partial charge in [0.25, 0.3) is 0 Å². The van der Waals surface area contributed by atoms with Crippen molar-refractivity contribution in [3.05, 3.63) is 39.3 Å². The van der Waals surface area contributed by atoms with Crippen molar-refractivity contribution in [2.45, 2.75) is 31.7 Å². The smallest absolute Gasteiger partial charge is 0.329 e. The number of aliphatic carboxylic acids is 1. The van der Waals surface area contributed by atoms with E-state index in [-0.39, 0.29) is 18.2 Å². The molecule has 0 bridgehead atoms. The Kier molecular flexibility index (Phi) is 5.04. The molecule has 8 heteroatoms. The Morgan fingerprint density at radius 3 is 2.72 bits per heavy atom. The van der Waals surface area contributed by atoms with Gasteiger partial charge in [-0.1, -0.05) is 23.2 Å². The zero-order valence-electron chi connectivity index (χ0n) is 13.4. The van der Waals surface area contributed by atoms with Gasteiger partial charge in [0.1, 0.15) is 10.5 Å². The van der Waals surface area contributed by atoms with Crippen LogP contribution in [0.2, 0.25) is 10.0 Å². The molecule has 1 aromatic carbocycles. The summed E-state index contributed by atoms with van der Waals surface area (Å²) in [4.78, 5) is 28.2. The number of halogens is 2. The van der Waals surface area contributed by atoms with Gasteiger partial charge in [-0.25, -0.2) is 9.78 Å². The van der Waals surface area contributed by atoms with Gasteiger partial charge < -0.3 is 10.4 Å². The minimum Gasteiger partial charge on any atom is -0.480 e. The van der Waals surface area contributed by atoms with Crippen LogP contribution in [-0.2, 0) is 16.0 Å². The van der Waals surface area contributed by atoms with Crippen molar-refractivity contribution in [1.82, 2.24) is 10.3 Å². The van der Waals surface area contributed by atoms with E-state index in [9.17, 15) is 14.7 Å². The maximum Gasteiger partial charge on any atom is 0.329 e. The van der Waals surface area contributed by atoms with E-state index in [4.69, 9.17) is 23.2 Å². The molecule has 0 saturated heterocycles. The quantitative estimate of drug-likeness (QED) is 0.769. The predicted molar refractivity (Wildman–Crippen MR) is 98.2 cm³/mol. The van der Waals surface area contributed by atoms with Gasteiger partial charge in [-0.15, -0.1) is 11.3 Å². The Morgan fingerprint density at radius 2 is 2.12 bits per heavy atom. The van der Waals surface area contributed by atoms with Gasteiger partial charge >= 0.3 is 5.97 Å². The molecule has 1 heterocycles. The van der Waals surface area contributed by atoms with E-state index in [2.05, 4.69) is 10.3 Å². The Bertz CT molecular complexity index is 835. The minimum atomic E-state index is -1.21. The number of carboxylic acid groups (broad SMARTS) is 1. The van der Waals surface area contributed by atoms with Crippen LogP contribution in [0.3, 0.4) is 0 Å². The third-order valence-corrected chi connectivity index (χ3v) is 5.76. The Hall–Kier alpha value is -1.63. The van der Waals surface area contributed by atoms with Crippen LogP contribution in [0.1, 0.15) is 25.5 Å². The molecule has 3 rings (SSSR count). The second-order valence-corrected chi connectivity index (χ2v) is 7.98. The lowest BCUT2D eigenvalue weighted by Gasteiger charge is -2.25. The summed E-state index contributed by atoms with van der Waals surface area (Å²) in [5.74, 6) is -1.36. The molecular weight excluding hydrogens is 383 g/mol. The van der Waals surface area contributed by atoms with Gasteiger partial charge in [0, 0.05) is 16.0 Å². The molecule has 0 radical (unpaired) electrons. The third kappa shape index (κ3) is 3.97. The molecular formula is C17H16Cl2N2O3S. The molecule has 5 nitrogen and oxygen atoms in total. The molecule has 25 heavy (non-hydrogen) atoms. The zero-order chi connectivity index (χ0) is 18.2. The average molecular weight is 399 g/mol. The number of amides is 1. The number of rotatable bonds is 6. The van der Waals surface area contributed by atoms with E-state index < -0.39 is 11.5 Å². The summed E-state index contributed by atoms with van der Waals surface area (Å²) in [7, 11) is 0. The lowest BCUT2D eigenvalue weighted by Crippen LogP contribution is -2.54. The summed E-state index contributed by atoms with van der Waals surface area (Å²) in [5, 5.41) is 15.6. The fraction of sp³-hybridized carbons (Fsp3) is 0.353. The molecule has 0 aliphatic heterocycles. The van der Waals surface area contributed by atoms with Crippen molar-refractivity contribution in [2.75, 3.05) is 0 Å². The highest BCUT2D eigenvalue weighted by Crippen LogP contribution is 2.39. The topological polar surface area (TPSA) is 79.3 Å². The lowest BCUT2D eigenvalue weighted by atomic mass is 9.95. The van der Waals surface area contributed by atoms with Crippen LogP contribution in [0.15, 0.2) is 23.6 Å². The lowest BCUT2D eigenvalue weighted by molar-refractivity contribution is -0.147. The Balaban J connectivity index is 1.71. The van der Waals surface area contributed by atoms with Crippen LogP contribution in [-0.4, -0.2) is 27.5 Å². The van der Waals surface area contributed by atoms with Crippen LogP contribution in [0.4, 0.5) is 0 Å². The molecule has 1 atom stereocenters. The number of carbonyl (C=O) groups is 2. The van der Waals surface area contributed by atoms with Crippen LogP contribution >= 0.6 is 34.5 Å². The van der Waals surface area contributed by atoms with E-state index in [1.165, 1.54) is 11.3 Å². The van der Waals surface area contributed by atoms with E-state index in [1.807, 2.05) is 0 Å². The molecule has 132 valence electrons. The molecule has 1 fully saturated rings. The summed E-state index contributed by atoms with van der Waals surface area (Å²) in [5.41, 5.74) is 0.109. The fourth-order valence-electron chi connectivity index (χ4n) is 2.66. The minimum absolute atomic E-state index is 0.00665. The van der Waals surface area contributed by atoms with Crippen molar-refractivity contribution in [2.24, 2.45) is 5.92 Å². The average Bonchev–Trinajstić information content (AvgIpc) is 3.29. The molecule has 2 aromatic rings. The second-order valence-electron chi connectivity index (χ2n) is 6.27. The molecule has 2 N–H and O–H groups in total. The molecule has 1 aliphatic rings. The second kappa shape index (κ2) is 6.94. The first-order valence-corrected chi connectivity index (χ1v) is 9.37. The van der Waals surface area contributed by atoms with Crippen LogP contribution in [0.5, 0.6) is 0 Å². The highest BCUT2D eigenvalue weighted by Gasteiger charge is 2.48. The fourth-order valence-corrected chi connectivity index (χ4v) is 4.08. The molecule has 1 aromatic heterocycles. The van der Waals surface area contributed by atoms with Crippen LogP contribution < -0.4 is 5.32 Å².